The van der Waals surface area contributed by atoms with E-state index < -0.39 is 0 Å². The fourth-order valence-corrected chi connectivity index (χ4v) is 1.61. The molecule has 0 radical (unpaired) electrons. The summed E-state index contributed by atoms with van der Waals surface area (Å²) >= 11 is 0. The van der Waals surface area contributed by atoms with Crippen molar-refractivity contribution in [1.29, 1.82) is 0 Å². The van der Waals surface area contributed by atoms with E-state index in [4.69, 9.17) is 14.9 Å². The lowest BCUT2D eigenvalue weighted by atomic mass is 10.1. The Kier molecular flexibility index (Phi) is 17.3. The zero-order valence-electron chi connectivity index (χ0n) is 15.7. The summed E-state index contributed by atoms with van der Waals surface area (Å²) in [4.78, 5) is 4.21. The van der Waals surface area contributed by atoms with Crippen LogP contribution in [0.5, 0.6) is 5.88 Å². The van der Waals surface area contributed by atoms with Crippen molar-refractivity contribution in [3.63, 3.8) is 0 Å². The van der Waals surface area contributed by atoms with Crippen molar-refractivity contribution in [2.45, 2.75) is 34.3 Å². The molecule has 0 aliphatic rings. The smallest absolute Gasteiger partial charge is 0.213 e. The maximum absolute atomic E-state index is 7.00. The van der Waals surface area contributed by atoms with Gasteiger partial charge >= 0.3 is 0 Å². The standard InChI is InChI=1S/C16H17NO.C2H6.2CH4O/c1-3-4-14-6-8-15(9-7-14)12-18-16-10-5-13(2)11-17-16;3*1-2/h3-11H,12H2,1-2H3;1-2H3;2*2H,1H3/b4-3+;;;. The highest BCUT2D eigenvalue weighted by atomic mass is 16.5. The molecule has 0 unspecified atom stereocenters. The number of hydrogen-bond acceptors (Lipinski definition) is 4. The largest absolute Gasteiger partial charge is 0.473 e. The summed E-state index contributed by atoms with van der Waals surface area (Å²) in [7, 11) is 2.00. The third kappa shape index (κ3) is 10.5. The van der Waals surface area contributed by atoms with E-state index in [1.54, 1.807) is 0 Å². The molecule has 4 nitrogen and oxygen atoms in total. The molecule has 0 atom stereocenters. The van der Waals surface area contributed by atoms with Crippen LogP contribution in [-0.2, 0) is 6.61 Å². The number of benzene rings is 1. The van der Waals surface area contributed by atoms with Gasteiger partial charge in [-0.05, 0) is 30.5 Å². The van der Waals surface area contributed by atoms with Crippen LogP contribution in [0.25, 0.3) is 6.08 Å². The van der Waals surface area contributed by atoms with Gasteiger partial charge in [0.1, 0.15) is 6.61 Å². The van der Waals surface area contributed by atoms with Gasteiger partial charge in [0.05, 0.1) is 0 Å². The van der Waals surface area contributed by atoms with Crippen LogP contribution in [-0.4, -0.2) is 29.4 Å². The Bertz CT molecular complexity index is 520. The van der Waals surface area contributed by atoms with Crippen molar-refractivity contribution in [3.8, 4) is 5.88 Å². The molecule has 1 heterocycles. The molecule has 134 valence electrons. The molecule has 0 saturated heterocycles. The average Bonchev–Trinajstić information content (AvgIpc) is 2.68. The molecular formula is C20H31NO3. The van der Waals surface area contributed by atoms with Gasteiger partial charge in [0.2, 0.25) is 5.88 Å². The van der Waals surface area contributed by atoms with Gasteiger partial charge in [0.25, 0.3) is 0 Å². The second kappa shape index (κ2) is 17.2. The lowest BCUT2D eigenvalue weighted by molar-refractivity contribution is 0.294. The summed E-state index contributed by atoms with van der Waals surface area (Å²) in [5, 5.41) is 14.0. The molecule has 0 saturated carbocycles. The number of allylic oxidation sites excluding steroid dienone is 1. The minimum absolute atomic E-state index is 0.548. The fourth-order valence-electron chi connectivity index (χ4n) is 1.61. The molecule has 0 bridgehead atoms. The summed E-state index contributed by atoms with van der Waals surface area (Å²) in [5.41, 5.74) is 3.48. The van der Waals surface area contributed by atoms with Gasteiger partial charge in [0.15, 0.2) is 0 Å². The third-order valence-corrected chi connectivity index (χ3v) is 2.61. The molecule has 1 aromatic heterocycles. The normalized spacial score (nSPS) is 8.83. The minimum Gasteiger partial charge on any atom is -0.473 e. The number of aliphatic hydroxyl groups excluding tert-OH is 2. The van der Waals surface area contributed by atoms with E-state index in [9.17, 15) is 0 Å². The first-order chi connectivity index (χ1) is 11.8. The number of ether oxygens (including phenoxy) is 1. The van der Waals surface area contributed by atoms with Crippen LogP contribution in [0.1, 0.15) is 37.5 Å². The maximum Gasteiger partial charge on any atom is 0.213 e. The van der Waals surface area contributed by atoms with Crippen LogP contribution in [0.3, 0.4) is 0 Å². The topological polar surface area (TPSA) is 62.6 Å². The number of pyridine rings is 1. The summed E-state index contributed by atoms with van der Waals surface area (Å²) in [5.74, 6) is 0.665. The highest BCUT2D eigenvalue weighted by Gasteiger charge is 1.97. The molecule has 2 N–H and O–H groups in total. The summed E-state index contributed by atoms with van der Waals surface area (Å²) in [6, 6.07) is 12.2. The highest BCUT2D eigenvalue weighted by Crippen LogP contribution is 2.11. The predicted molar refractivity (Wildman–Crippen MR) is 102 cm³/mol. The van der Waals surface area contributed by atoms with Crippen molar-refractivity contribution < 1.29 is 14.9 Å². The van der Waals surface area contributed by atoms with Gasteiger partial charge in [0, 0.05) is 26.5 Å². The summed E-state index contributed by atoms with van der Waals surface area (Å²) in [6.45, 7) is 8.57. The SMILES string of the molecule is C/C=C/c1ccc(COc2ccc(C)cn2)cc1.CC.CO.CO. The van der Waals surface area contributed by atoms with Crippen molar-refractivity contribution in [2.24, 2.45) is 0 Å². The Morgan fingerprint density at radius 2 is 1.54 bits per heavy atom. The van der Waals surface area contributed by atoms with E-state index >= 15 is 0 Å². The number of aromatic nitrogens is 1. The molecule has 0 aliphatic carbocycles. The Hall–Kier alpha value is -2.17. The zero-order chi connectivity index (χ0) is 18.8. The number of nitrogens with zero attached hydrogens (tertiary/aromatic N) is 1. The lowest BCUT2D eigenvalue weighted by Gasteiger charge is -2.05. The van der Waals surface area contributed by atoms with E-state index in [1.165, 1.54) is 5.56 Å². The number of aliphatic hydroxyl groups is 2. The highest BCUT2D eigenvalue weighted by molar-refractivity contribution is 5.49. The number of rotatable bonds is 4. The van der Waals surface area contributed by atoms with E-state index in [0.29, 0.717) is 12.5 Å². The summed E-state index contributed by atoms with van der Waals surface area (Å²) in [6.07, 6.45) is 5.92. The third-order valence-electron chi connectivity index (χ3n) is 2.61. The van der Waals surface area contributed by atoms with Gasteiger partial charge in [-0.2, -0.15) is 0 Å². The second-order valence-electron chi connectivity index (χ2n) is 4.20. The quantitative estimate of drug-likeness (QED) is 0.878. The van der Waals surface area contributed by atoms with Crippen molar-refractivity contribution in [3.05, 3.63) is 65.4 Å². The molecule has 1 aromatic carbocycles. The molecule has 24 heavy (non-hydrogen) atoms. The molecule has 0 spiro atoms. The molecular weight excluding hydrogens is 302 g/mol. The Balaban J connectivity index is 0. The van der Waals surface area contributed by atoms with E-state index in [0.717, 1.165) is 25.3 Å². The van der Waals surface area contributed by atoms with Gasteiger partial charge in [-0.3, -0.25) is 0 Å². The van der Waals surface area contributed by atoms with Crippen LogP contribution < -0.4 is 4.74 Å². The van der Waals surface area contributed by atoms with Crippen LogP contribution in [0, 0.1) is 6.92 Å². The van der Waals surface area contributed by atoms with Crippen LogP contribution in [0.4, 0.5) is 0 Å². The molecule has 0 amide bonds. The van der Waals surface area contributed by atoms with Crippen LogP contribution >= 0.6 is 0 Å². The first-order valence-electron chi connectivity index (χ1n) is 7.94. The molecule has 2 rings (SSSR count). The van der Waals surface area contributed by atoms with Crippen molar-refractivity contribution >= 4 is 6.08 Å². The van der Waals surface area contributed by atoms with Gasteiger partial charge in [-0.15, -0.1) is 0 Å². The lowest BCUT2D eigenvalue weighted by Crippen LogP contribution is -1.97. The molecule has 2 aromatic rings. The van der Waals surface area contributed by atoms with Gasteiger partial charge in [-0.1, -0.05) is 56.3 Å². The fraction of sp³-hybridized carbons (Fsp3) is 0.350. The van der Waals surface area contributed by atoms with E-state index in [2.05, 4.69) is 35.3 Å². The van der Waals surface area contributed by atoms with Crippen LogP contribution in [0.2, 0.25) is 0 Å². The summed E-state index contributed by atoms with van der Waals surface area (Å²) < 4.78 is 5.62. The van der Waals surface area contributed by atoms with E-state index in [1.807, 2.05) is 52.1 Å². The number of aryl methyl sites for hydroxylation is 1. The molecule has 0 fully saturated rings. The number of hydrogen-bond donors (Lipinski definition) is 2. The molecule has 4 heteroatoms. The Morgan fingerprint density at radius 3 is 2.00 bits per heavy atom. The maximum atomic E-state index is 7.00. The first-order valence-corrected chi connectivity index (χ1v) is 7.94. The van der Waals surface area contributed by atoms with Crippen molar-refractivity contribution in [1.82, 2.24) is 4.98 Å². The van der Waals surface area contributed by atoms with Gasteiger partial charge < -0.3 is 14.9 Å². The van der Waals surface area contributed by atoms with Crippen LogP contribution in [0.15, 0.2) is 48.7 Å². The first kappa shape index (κ1) is 24.1. The Morgan fingerprint density at radius 1 is 0.958 bits per heavy atom. The average molecular weight is 333 g/mol. The minimum atomic E-state index is 0.548. The Labute approximate surface area is 146 Å². The second-order valence-corrected chi connectivity index (χ2v) is 4.20. The van der Waals surface area contributed by atoms with Gasteiger partial charge in [-0.25, -0.2) is 4.98 Å². The van der Waals surface area contributed by atoms with E-state index in [-0.39, 0.29) is 0 Å². The zero-order valence-corrected chi connectivity index (χ0v) is 15.7. The van der Waals surface area contributed by atoms with Crippen molar-refractivity contribution in [2.75, 3.05) is 14.2 Å². The predicted octanol–water partition coefficient (Wildman–Crippen LogP) is 4.25. The molecule has 0 aliphatic heterocycles. The monoisotopic (exact) mass is 333 g/mol.